The van der Waals surface area contributed by atoms with Gasteiger partial charge in [0.1, 0.15) is 0 Å². The Balaban J connectivity index is 1.47. The van der Waals surface area contributed by atoms with Gasteiger partial charge in [0.15, 0.2) is 0 Å². The van der Waals surface area contributed by atoms with E-state index < -0.39 is 0 Å². The Hall–Kier alpha value is -0.530. The molecule has 5 unspecified atom stereocenters. The number of amides is 1. The summed E-state index contributed by atoms with van der Waals surface area (Å²) in [5.74, 6) is 4.11. The van der Waals surface area contributed by atoms with Crippen molar-refractivity contribution < 1.29 is 4.79 Å². The first-order valence-corrected chi connectivity index (χ1v) is 10.4. The Morgan fingerprint density at radius 2 is 1.87 bits per heavy atom. The van der Waals surface area contributed by atoms with Crippen molar-refractivity contribution in [3.05, 3.63) is 0 Å². The minimum Gasteiger partial charge on any atom is -0.342 e. The highest BCUT2D eigenvalue weighted by molar-refractivity contribution is 5.84. The Bertz CT molecular complexity index is 480. The van der Waals surface area contributed by atoms with E-state index in [-0.39, 0.29) is 5.41 Å². The first kappa shape index (κ1) is 16.0. The molecule has 1 spiro atoms. The molecule has 2 heteroatoms. The Kier molecular flexibility index (Phi) is 3.81. The van der Waals surface area contributed by atoms with E-state index in [1.54, 1.807) is 0 Å². The molecule has 0 aromatic rings. The molecule has 3 bridgehead atoms. The fourth-order valence-electron chi connectivity index (χ4n) is 7.38. The van der Waals surface area contributed by atoms with E-state index in [1.165, 1.54) is 57.8 Å². The molecule has 4 saturated carbocycles. The van der Waals surface area contributed by atoms with Crippen LogP contribution in [-0.2, 0) is 4.79 Å². The second kappa shape index (κ2) is 5.49. The third kappa shape index (κ3) is 2.15. The molecule has 4 fully saturated rings. The normalized spacial score (nSPS) is 42.9. The molecule has 4 aliphatic rings. The van der Waals surface area contributed by atoms with Crippen LogP contribution in [0.15, 0.2) is 0 Å². The predicted octanol–water partition coefficient (Wildman–Crippen LogP) is 4.88. The van der Waals surface area contributed by atoms with Crippen LogP contribution in [0.2, 0.25) is 0 Å². The largest absolute Gasteiger partial charge is 0.342 e. The van der Waals surface area contributed by atoms with Crippen molar-refractivity contribution in [2.75, 3.05) is 13.1 Å². The molecule has 1 amide bonds. The van der Waals surface area contributed by atoms with E-state index in [1.807, 2.05) is 0 Å². The lowest BCUT2D eigenvalue weighted by Gasteiger charge is -2.49. The van der Waals surface area contributed by atoms with E-state index in [0.29, 0.717) is 11.3 Å². The average molecular weight is 318 g/mol. The zero-order valence-electron chi connectivity index (χ0n) is 15.4. The van der Waals surface area contributed by atoms with Crippen molar-refractivity contribution in [1.29, 1.82) is 0 Å². The molecule has 5 atom stereocenters. The molecule has 0 radical (unpaired) electrons. The summed E-state index contributed by atoms with van der Waals surface area (Å²) in [6.45, 7) is 8.67. The van der Waals surface area contributed by atoms with Gasteiger partial charge in [-0.1, -0.05) is 26.7 Å². The Morgan fingerprint density at radius 1 is 1.09 bits per heavy atom. The van der Waals surface area contributed by atoms with Gasteiger partial charge in [0.25, 0.3) is 0 Å². The van der Waals surface area contributed by atoms with Crippen LogP contribution in [0.25, 0.3) is 0 Å². The summed E-state index contributed by atoms with van der Waals surface area (Å²) >= 11 is 0. The van der Waals surface area contributed by atoms with Gasteiger partial charge in [0.2, 0.25) is 5.91 Å². The second-order valence-corrected chi connectivity index (χ2v) is 9.39. The highest BCUT2D eigenvalue weighted by Crippen LogP contribution is 2.79. The van der Waals surface area contributed by atoms with Gasteiger partial charge in [0, 0.05) is 13.1 Å². The standard InChI is InChI=1S/C21H35NO/c1-4-15(5-2)7-8-22(6-3)19(23)20-11-16-9-17-10-18(13-20)21(17,12-16)14-20/h15-18H,4-14H2,1-3H3. The van der Waals surface area contributed by atoms with Gasteiger partial charge < -0.3 is 4.90 Å². The number of hydrogen-bond donors (Lipinski definition) is 0. The first-order valence-electron chi connectivity index (χ1n) is 10.4. The van der Waals surface area contributed by atoms with Crippen molar-refractivity contribution in [1.82, 2.24) is 4.90 Å². The molecule has 0 N–H and O–H groups in total. The van der Waals surface area contributed by atoms with E-state index >= 15 is 0 Å². The molecule has 0 aliphatic heterocycles. The molecule has 2 nitrogen and oxygen atoms in total. The Labute approximate surface area is 142 Å². The lowest BCUT2D eigenvalue weighted by atomic mass is 9.55. The van der Waals surface area contributed by atoms with E-state index in [2.05, 4.69) is 25.7 Å². The predicted molar refractivity (Wildman–Crippen MR) is 94.0 cm³/mol. The number of carbonyl (C=O) groups is 1. The highest BCUT2D eigenvalue weighted by atomic mass is 16.2. The molecule has 4 rings (SSSR count). The first-order chi connectivity index (χ1) is 11.1. The summed E-state index contributed by atoms with van der Waals surface area (Å²) < 4.78 is 0. The third-order valence-corrected chi connectivity index (χ3v) is 8.55. The summed E-state index contributed by atoms with van der Waals surface area (Å²) in [6, 6.07) is 0. The summed E-state index contributed by atoms with van der Waals surface area (Å²) in [5.41, 5.74) is 0.691. The SMILES string of the molecule is CCC(CC)CCN(CC)C(=O)C12CC3CC4CC(C1)C4(C3)C2. The fourth-order valence-corrected chi connectivity index (χ4v) is 7.38. The van der Waals surface area contributed by atoms with Crippen LogP contribution < -0.4 is 0 Å². The lowest BCUT2D eigenvalue weighted by Crippen LogP contribution is -2.46. The van der Waals surface area contributed by atoms with E-state index in [4.69, 9.17) is 0 Å². The molecular weight excluding hydrogens is 282 g/mol. The van der Waals surface area contributed by atoms with E-state index in [9.17, 15) is 4.79 Å². The molecule has 130 valence electrons. The van der Waals surface area contributed by atoms with Gasteiger partial charge in [-0.15, -0.1) is 0 Å². The zero-order chi connectivity index (χ0) is 16.2. The summed E-state index contributed by atoms with van der Waals surface area (Å²) in [5, 5.41) is 0. The van der Waals surface area contributed by atoms with Crippen LogP contribution in [0.1, 0.15) is 78.6 Å². The molecule has 0 aromatic heterocycles. The van der Waals surface area contributed by atoms with Crippen LogP contribution in [0.5, 0.6) is 0 Å². The number of hydrogen-bond acceptors (Lipinski definition) is 1. The van der Waals surface area contributed by atoms with Gasteiger partial charge in [0.05, 0.1) is 5.41 Å². The van der Waals surface area contributed by atoms with Gasteiger partial charge in [-0.05, 0) is 81.0 Å². The maximum atomic E-state index is 13.5. The van der Waals surface area contributed by atoms with Crippen molar-refractivity contribution >= 4 is 5.91 Å². The van der Waals surface area contributed by atoms with Crippen molar-refractivity contribution in [3.63, 3.8) is 0 Å². The van der Waals surface area contributed by atoms with Crippen molar-refractivity contribution in [3.8, 4) is 0 Å². The Morgan fingerprint density at radius 3 is 2.57 bits per heavy atom. The molecule has 4 aliphatic carbocycles. The second-order valence-electron chi connectivity index (χ2n) is 9.39. The number of nitrogens with zero attached hydrogens (tertiary/aromatic N) is 1. The number of carbonyl (C=O) groups excluding carboxylic acids is 1. The van der Waals surface area contributed by atoms with Crippen LogP contribution in [0, 0.1) is 34.5 Å². The van der Waals surface area contributed by atoms with Crippen molar-refractivity contribution in [2.24, 2.45) is 34.5 Å². The van der Waals surface area contributed by atoms with Crippen LogP contribution in [0.3, 0.4) is 0 Å². The molecule has 0 aromatic carbocycles. The fraction of sp³-hybridized carbons (Fsp3) is 0.952. The summed E-state index contributed by atoms with van der Waals surface area (Å²) in [6.07, 6.45) is 11.8. The van der Waals surface area contributed by atoms with Crippen molar-refractivity contribution in [2.45, 2.75) is 78.6 Å². The quantitative estimate of drug-likeness (QED) is 0.655. The zero-order valence-corrected chi connectivity index (χ0v) is 15.4. The highest BCUT2D eigenvalue weighted by Gasteiger charge is 2.72. The maximum absolute atomic E-state index is 13.5. The van der Waals surface area contributed by atoms with Gasteiger partial charge in [-0.2, -0.15) is 0 Å². The van der Waals surface area contributed by atoms with Gasteiger partial charge >= 0.3 is 0 Å². The number of fused-ring (bicyclic) bond motifs is 2. The van der Waals surface area contributed by atoms with Gasteiger partial charge in [-0.3, -0.25) is 4.79 Å². The van der Waals surface area contributed by atoms with Gasteiger partial charge in [-0.25, -0.2) is 0 Å². The molecular formula is C21H35NO. The molecule has 0 saturated heterocycles. The van der Waals surface area contributed by atoms with E-state index in [0.717, 1.165) is 36.8 Å². The molecule has 23 heavy (non-hydrogen) atoms. The minimum absolute atomic E-state index is 0.0583. The lowest BCUT2D eigenvalue weighted by molar-refractivity contribution is -0.144. The summed E-state index contributed by atoms with van der Waals surface area (Å²) in [7, 11) is 0. The average Bonchev–Trinajstić information content (AvgIpc) is 2.87. The maximum Gasteiger partial charge on any atom is 0.228 e. The third-order valence-electron chi connectivity index (χ3n) is 8.55. The monoisotopic (exact) mass is 317 g/mol. The molecule has 0 heterocycles. The van der Waals surface area contributed by atoms with Crippen LogP contribution >= 0.6 is 0 Å². The number of rotatable bonds is 7. The topological polar surface area (TPSA) is 20.3 Å². The summed E-state index contributed by atoms with van der Waals surface area (Å²) in [4.78, 5) is 15.7. The van der Waals surface area contributed by atoms with Crippen LogP contribution in [0.4, 0.5) is 0 Å². The van der Waals surface area contributed by atoms with Crippen LogP contribution in [-0.4, -0.2) is 23.9 Å². The smallest absolute Gasteiger partial charge is 0.228 e. The minimum atomic E-state index is 0.0583.